The molecule has 1 unspecified atom stereocenters. The van der Waals surface area contributed by atoms with Crippen LogP contribution < -0.4 is 10.6 Å². The van der Waals surface area contributed by atoms with Crippen molar-refractivity contribution >= 4 is 5.91 Å². The summed E-state index contributed by atoms with van der Waals surface area (Å²) in [6.07, 6.45) is 11.6. The minimum Gasteiger partial charge on any atom is -0.355 e. The quantitative estimate of drug-likeness (QED) is 0.527. The first-order chi connectivity index (χ1) is 9.65. The van der Waals surface area contributed by atoms with Gasteiger partial charge in [0.15, 0.2) is 0 Å². The number of amides is 1. The van der Waals surface area contributed by atoms with Gasteiger partial charge in [-0.05, 0) is 39.0 Å². The highest BCUT2D eigenvalue weighted by Crippen LogP contribution is 2.25. The van der Waals surface area contributed by atoms with Crippen molar-refractivity contribution < 1.29 is 4.79 Å². The van der Waals surface area contributed by atoms with E-state index in [-0.39, 0.29) is 11.9 Å². The molecule has 0 saturated heterocycles. The molecule has 0 aromatic carbocycles. The highest BCUT2D eigenvalue weighted by atomic mass is 16.2. The van der Waals surface area contributed by atoms with E-state index in [1.54, 1.807) is 0 Å². The van der Waals surface area contributed by atoms with Gasteiger partial charge >= 0.3 is 0 Å². The summed E-state index contributed by atoms with van der Waals surface area (Å²) < 4.78 is 0. The smallest absolute Gasteiger partial charge is 0.236 e. The van der Waals surface area contributed by atoms with Crippen molar-refractivity contribution in [2.75, 3.05) is 6.54 Å². The zero-order chi connectivity index (χ0) is 14.8. The van der Waals surface area contributed by atoms with Crippen LogP contribution in [0.1, 0.15) is 78.6 Å². The third-order valence-electron chi connectivity index (χ3n) is 4.59. The molecule has 0 aromatic rings. The zero-order valence-corrected chi connectivity index (χ0v) is 13.7. The van der Waals surface area contributed by atoms with Crippen molar-refractivity contribution in [1.82, 2.24) is 10.6 Å². The summed E-state index contributed by atoms with van der Waals surface area (Å²) in [5, 5.41) is 6.54. The number of carbonyl (C=O) groups is 1. The Balaban J connectivity index is 2.24. The van der Waals surface area contributed by atoms with Gasteiger partial charge in [-0.3, -0.25) is 4.79 Å². The van der Waals surface area contributed by atoms with Gasteiger partial charge in [0.25, 0.3) is 0 Å². The lowest BCUT2D eigenvalue weighted by atomic mass is 9.92. The van der Waals surface area contributed by atoms with E-state index < -0.39 is 0 Å². The first-order valence-electron chi connectivity index (χ1n) is 8.69. The molecule has 1 amide bonds. The summed E-state index contributed by atoms with van der Waals surface area (Å²) in [4.78, 5) is 12.0. The third kappa shape index (κ3) is 6.74. The maximum atomic E-state index is 12.0. The van der Waals surface area contributed by atoms with Crippen LogP contribution in [-0.2, 0) is 4.79 Å². The normalized spacial score (nSPS) is 20.1. The number of carbonyl (C=O) groups excluding carboxylic acids is 1. The number of unbranched alkanes of at least 4 members (excludes halogenated alkanes) is 2. The molecule has 0 bridgehead atoms. The second kappa shape index (κ2) is 10.2. The van der Waals surface area contributed by atoms with Gasteiger partial charge in [0.2, 0.25) is 5.91 Å². The van der Waals surface area contributed by atoms with E-state index in [2.05, 4.69) is 24.5 Å². The molecule has 0 spiro atoms. The van der Waals surface area contributed by atoms with Gasteiger partial charge in [-0.1, -0.05) is 45.4 Å². The minimum atomic E-state index is -0.0742. The Bertz CT molecular complexity index is 260. The van der Waals surface area contributed by atoms with Crippen LogP contribution in [0.2, 0.25) is 0 Å². The Morgan fingerprint density at radius 2 is 1.75 bits per heavy atom. The van der Waals surface area contributed by atoms with Gasteiger partial charge in [-0.15, -0.1) is 0 Å². The fraction of sp³-hybridized carbons (Fsp3) is 0.941. The second-order valence-corrected chi connectivity index (χ2v) is 6.43. The molecule has 1 saturated carbocycles. The molecule has 0 aliphatic heterocycles. The van der Waals surface area contributed by atoms with Gasteiger partial charge in [-0.25, -0.2) is 0 Å². The Labute approximate surface area is 125 Å². The molecule has 1 rings (SSSR count). The number of hydrogen-bond donors (Lipinski definition) is 2. The lowest BCUT2D eigenvalue weighted by molar-refractivity contribution is -0.123. The maximum Gasteiger partial charge on any atom is 0.236 e. The van der Waals surface area contributed by atoms with Crippen LogP contribution in [0.5, 0.6) is 0 Å². The summed E-state index contributed by atoms with van der Waals surface area (Å²) in [5.41, 5.74) is 0. The number of hydrogen-bond acceptors (Lipinski definition) is 2. The molecule has 2 N–H and O–H groups in total. The second-order valence-electron chi connectivity index (χ2n) is 6.43. The standard InChI is InChI=1S/C17H34N2O/c1-4-5-10-13-18-17(20)15(3)19-14(2)16-11-8-6-7-9-12-16/h14-16,19H,4-13H2,1-3H3,(H,18,20)/t14-,15?/m1/s1. The number of nitrogens with one attached hydrogen (secondary N) is 2. The highest BCUT2D eigenvalue weighted by Gasteiger charge is 2.22. The molecular weight excluding hydrogens is 248 g/mol. The molecule has 3 heteroatoms. The predicted octanol–water partition coefficient (Wildman–Crippen LogP) is 3.63. The van der Waals surface area contributed by atoms with E-state index in [0.29, 0.717) is 6.04 Å². The van der Waals surface area contributed by atoms with E-state index in [1.165, 1.54) is 51.4 Å². The van der Waals surface area contributed by atoms with E-state index in [9.17, 15) is 4.79 Å². The Morgan fingerprint density at radius 1 is 1.10 bits per heavy atom. The SMILES string of the molecule is CCCCCNC(=O)C(C)N[C@H](C)C1CCCCCC1. The molecule has 0 radical (unpaired) electrons. The van der Waals surface area contributed by atoms with Crippen molar-refractivity contribution in [2.45, 2.75) is 90.6 Å². The van der Waals surface area contributed by atoms with Crippen LogP contribution in [0.25, 0.3) is 0 Å². The fourth-order valence-electron chi connectivity index (χ4n) is 3.16. The van der Waals surface area contributed by atoms with Crippen molar-refractivity contribution in [3.05, 3.63) is 0 Å². The highest BCUT2D eigenvalue weighted by molar-refractivity contribution is 5.81. The van der Waals surface area contributed by atoms with E-state index >= 15 is 0 Å². The van der Waals surface area contributed by atoms with E-state index in [1.807, 2.05) is 6.92 Å². The van der Waals surface area contributed by atoms with Crippen LogP contribution in [0.15, 0.2) is 0 Å². The average molecular weight is 282 g/mol. The molecule has 0 heterocycles. The fourth-order valence-corrected chi connectivity index (χ4v) is 3.16. The summed E-state index contributed by atoms with van der Waals surface area (Å²) in [6, 6.07) is 0.374. The van der Waals surface area contributed by atoms with Crippen LogP contribution in [-0.4, -0.2) is 24.5 Å². The molecular formula is C17H34N2O. The van der Waals surface area contributed by atoms with Gasteiger partial charge in [0, 0.05) is 12.6 Å². The van der Waals surface area contributed by atoms with Gasteiger partial charge in [0.05, 0.1) is 6.04 Å². The molecule has 1 fully saturated rings. The first kappa shape index (κ1) is 17.5. The zero-order valence-electron chi connectivity index (χ0n) is 13.7. The third-order valence-corrected chi connectivity index (χ3v) is 4.59. The average Bonchev–Trinajstić information content (AvgIpc) is 2.72. The number of rotatable bonds is 8. The van der Waals surface area contributed by atoms with Crippen molar-refractivity contribution in [2.24, 2.45) is 5.92 Å². The largest absolute Gasteiger partial charge is 0.355 e. The Hall–Kier alpha value is -0.570. The van der Waals surface area contributed by atoms with Gasteiger partial charge < -0.3 is 10.6 Å². The van der Waals surface area contributed by atoms with Gasteiger partial charge in [0.1, 0.15) is 0 Å². The minimum absolute atomic E-state index is 0.0742. The predicted molar refractivity (Wildman–Crippen MR) is 85.8 cm³/mol. The van der Waals surface area contributed by atoms with Crippen molar-refractivity contribution in [3.63, 3.8) is 0 Å². The van der Waals surface area contributed by atoms with Crippen LogP contribution in [0, 0.1) is 5.92 Å². The monoisotopic (exact) mass is 282 g/mol. The lowest BCUT2D eigenvalue weighted by Crippen LogP contribution is -2.48. The Morgan fingerprint density at radius 3 is 2.35 bits per heavy atom. The van der Waals surface area contributed by atoms with Gasteiger partial charge in [-0.2, -0.15) is 0 Å². The summed E-state index contributed by atoms with van der Waals surface area (Å²) in [6.45, 7) is 7.23. The molecule has 20 heavy (non-hydrogen) atoms. The molecule has 3 nitrogen and oxygen atoms in total. The van der Waals surface area contributed by atoms with Crippen LogP contribution in [0.4, 0.5) is 0 Å². The van der Waals surface area contributed by atoms with E-state index in [0.717, 1.165) is 18.9 Å². The molecule has 2 atom stereocenters. The summed E-state index contributed by atoms with van der Waals surface area (Å²) >= 11 is 0. The van der Waals surface area contributed by atoms with Crippen molar-refractivity contribution in [1.29, 1.82) is 0 Å². The first-order valence-corrected chi connectivity index (χ1v) is 8.69. The lowest BCUT2D eigenvalue weighted by Gasteiger charge is -2.26. The van der Waals surface area contributed by atoms with Crippen molar-refractivity contribution in [3.8, 4) is 0 Å². The molecule has 1 aliphatic rings. The summed E-state index contributed by atoms with van der Waals surface area (Å²) in [7, 11) is 0. The Kier molecular flexibility index (Phi) is 8.92. The van der Waals surface area contributed by atoms with Crippen LogP contribution >= 0.6 is 0 Å². The summed E-state index contributed by atoms with van der Waals surface area (Å²) in [5.74, 6) is 0.898. The maximum absolute atomic E-state index is 12.0. The topological polar surface area (TPSA) is 41.1 Å². The molecule has 118 valence electrons. The molecule has 1 aliphatic carbocycles. The van der Waals surface area contributed by atoms with E-state index in [4.69, 9.17) is 0 Å². The molecule has 0 aromatic heterocycles. The van der Waals surface area contributed by atoms with Crippen LogP contribution in [0.3, 0.4) is 0 Å².